The Morgan fingerprint density at radius 2 is 1.62 bits per heavy atom. The molecule has 0 aromatic rings. The van der Waals surface area contributed by atoms with Crippen molar-refractivity contribution < 1.29 is 26.6 Å². The molecule has 0 radical (unpaired) electrons. The molecule has 9 heteroatoms. The van der Waals surface area contributed by atoms with Crippen molar-refractivity contribution in [3.8, 4) is 0 Å². The molecule has 1 N–H and O–H groups in total. The van der Waals surface area contributed by atoms with E-state index in [0.717, 1.165) is 6.26 Å². The summed E-state index contributed by atoms with van der Waals surface area (Å²) in [5, 5.41) is 2.56. The number of nitrogens with one attached hydrogen (secondary N) is 1. The molecular formula is C15H33NO6SSi. The van der Waals surface area contributed by atoms with Crippen molar-refractivity contribution in [2.75, 3.05) is 19.4 Å². The monoisotopic (exact) mass is 383 g/mol. The molecule has 0 unspecified atom stereocenters. The van der Waals surface area contributed by atoms with E-state index in [2.05, 4.69) is 26.1 Å². The minimum atomic E-state index is -3.59. The number of alkyl carbamates (subject to hydrolysis) is 1. The third kappa shape index (κ3) is 10.3. The topological polar surface area (TPSA) is 90.9 Å². The Morgan fingerprint density at radius 1 is 1.12 bits per heavy atom. The van der Waals surface area contributed by atoms with Gasteiger partial charge in [-0.05, 0) is 38.9 Å². The molecule has 0 aliphatic rings. The lowest BCUT2D eigenvalue weighted by molar-refractivity contribution is 0.0475. The van der Waals surface area contributed by atoms with Gasteiger partial charge >= 0.3 is 6.09 Å². The van der Waals surface area contributed by atoms with Gasteiger partial charge in [0, 0.05) is 6.54 Å². The second-order valence-corrected chi connectivity index (χ2v) is 14.8. The Morgan fingerprint density at radius 3 is 2.00 bits per heavy atom. The van der Waals surface area contributed by atoms with Crippen LogP contribution < -0.4 is 5.32 Å². The van der Waals surface area contributed by atoms with Crippen LogP contribution in [0.1, 0.15) is 41.5 Å². The molecule has 0 fully saturated rings. The number of ether oxygens (including phenoxy) is 1. The molecule has 0 aliphatic heterocycles. The second kappa shape index (κ2) is 8.16. The van der Waals surface area contributed by atoms with E-state index in [1.165, 1.54) is 0 Å². The molecule has 144 valence electrons. The molecule has 7 nitrogen and oxygen atoms in total. The van der Waals surface area contributed by atoms with Gasteiger partial charge in [-0.1, -0.05) is 20.8 Å². The summed E-state index contributed by atoms with van der Waals surface area (Å²) in [7, 11) is -5.74. The lowest BCUT2D eigenvalue weighted by Crippen LogP contribution is -2.49. The first kappa shape index (κ1) is 23.4. The van der Waals surface area contributed by atoms with Crippen LogP contribution in [0.2, 0.25) is 18.1 Å². The van der Waals surface area contributed by atoms with E-state index in [-0.39, 0.29) is 18.2 Å². The van der Waals surface area contributed by atoms with Crippen LogP contribution in [0.4, 0.5) is 4.79 Å². The second-order valence-electron chi connectivity index (χ2n) is 8.37. The lowest BCUT2D eigenvalue weighted by Gasteiger charge is -2.39. The zero-order chi connectivity index (χ0) is 19.4. The average molecular weight is 384 g/mol. The molecule has 1 amide bonds. The van der Waals surface area contributed by atoms with Gasteiger partial charge in [-0.3, -0.25) is 4.18 Å². The Kier molecular flexibility index (Phi) is 7.94. The van der Waals surface area contributed by atoms with Gasteiger partial charge in [0.05, 0.1) is 19.0 Å². The zero-order valence-corrected chi connectivity index (χ0v) is 18.2. The highest BCUT2D eigenvalue weighted by atomic mass is 32.2. The Bertz CT molecular complexity index is 519. The summed E-state index contributed by atoms with van der Waals surface area (Å²) in [6.45, 7) is 15.6. The van der Waals surface area contributed by atoms with Gasteiger partial charge in [0.25, 0.3) is 10.1 Å². The van der Waals surface area contributed by atoms with Crippen LogP contribution in [-0.2, 0) is 23.5 Å². The normalized spacial score (nSPS) is 15.0. The highest BCUT2D eigenvalue weighted by Gasteiger charge is 2.39. The largest absolute Gasteiger partial charge is 0.444 e. The molecule has 0 aromatic heterocycles. The first-order valence-corrected chi connectivity index (χ1v) is 12.6. The highest BCUT2D eigenvalue weighted by Crippen LogP contribution is 2.37. The molecule has 0 aromatic carbocycles. The maximum atomic E-state index is 11.8. The van der Waals surface area contributed by atoms with Gasteiger partial charge in [-0.25, -0.2) is 4.79 Å². The Balaban J connectivity index is 4.91. The van der Waals surface area contributed by atoms with Crippen molar-refractivity contribution in [3.63, 3.8) is 0 Å². The van der Waals surface area contributed by atoms with Gasteiger partial charge < -0.3 is 14.5 Å². The SMILES string of the molecule is CC(C)(C)OC(=O)NC[C@@H](COS(C)(=O)=O)O[Si](C)(C)C(C)(C)C. The van der Waals surface area contributed by atoms with Gasteiger partial charge in [-0.15, -0.1) is 0 Å². The summed E-state index contributed by atoms with van der Waals surface area (Å²) >= 11 is 0. The maximum Gasteiger partial charge on any atom is 0.407 e. The molecule has 0 bridgehead atoms. The van der Waals surface area contributed by atoms with Crippen molar-refractivity contribution >= 4 is 24.5 Å². The number of amides is 1. The van der Waals surface area contributed by atoms with Crippen LogP contribution in [0.25, 0.3) is 0 Å². The van der Waals surface area contributed by atoms with E-state index in [0.29, 0.717) is 0 Å². The van der Waals surface area contributed by atoms with Crippen LogP contribution in [0.15, 0.2) is 0 Å². The number of hydrogen-bond acceptors (Lipinski definition) is 6. The lowest BCUT2D eigenvalue weighted by atomic mass is 10.2. The fourth-order valence-electron chi connectivity index (χ4n) is 1.44. The fourth-order valence-corrected chi connectivity index (χ4v) is 3.18. The van der Waals surface area contributed by atoms with E-state index in [4.69, 9.17) is 13.3 Å². The van der Waals surface area contributed by atoms with Crippen LogP contribution in [-0.4, -0.2) is 53.9 Å². The summed E-state index contributed by atoms with van der Waals surface area (Å²) in [6, 6.07) is 0. The molecular weight excluding hydrogens is 350 g/mol. The summed E-state index contributed by atoms with van der Waals surface area (Å²) in [5.41, 5.74) is -0.608. The van der Waals surface area contributed by atoms with Crippen LogP contribution in [0.3, 0.4) is 0 Å². The minimum Gasteiger partial charge on any atom is -0.444 e. The summed E-state index contributed by atoms with van der Waals surface area (Å²) in [5.74, 6) is 0. The van der Waals surface area contributed by atoms with Gasteiger partial charge in [-0.2, -0.15) is 8.42 Å². The molecule has 0 saturated carbocycles. The standard InChI is InChI=1S/C15H33NO6SSi/c1-14(2,3)21-13(17)16-10-12(11-20-23(7,18)19)22-24(8,9)15(4,5)6/h12H,10-11H2,1-9H3,(H,16,17)/t12-/m0/s1. The van der Waals surface area contributed by atoms with Crippen LogP contribution >= 0.6 is 0 Å². The zero-order valence-electron chi connectivity index (χ0n) is 16.3. The molecule has 0 heterocycles. The number of hydrogen-bond donors (Lipinski definition) is 1. The van der Waals surface area contributed by atoms with Crippen molar-refractivity contribution in [3.05, 3.63) is 0 Å². The van der Waals surface area contributed by atoms with Crippen molar-refractivity contribution in [1.29, 1.82) is 0 Å². The first-order chi connectivity index (χ1) is 10.4. The van der Waals surface area contributed by atoms with Crippen LogP contribution in [0.5, 0.6) is 0 Å². The predicted octanol–water partition coefficient (Wildman–Crippen LogP) is 2.88. The van der Waals surface area contributed by atoms with E-state index in [1.54, 1.807) is 20.8 Å². The summed E-state index contributed by atoms with van der Waals surface area (Å²) < 4.78 is 38.7. The van der Waals surface area contributed by atoms with E-state index < -0.39 is 36.2 Å². The Labute approximate surface area is 147 Å². The van der Waals surface area contributed by atoms with Gasteiger partial charge in [0.2, 0.25) is 0 Å². The minimum absolute atomic E-state index is 0.0533. The first-order valence-electron chi connectivity index (χ1n) is 7.92. The van der Waals surface area contributed by atoms with Crippen molar-refractivity contribution in [2.24, 2.45) is 0 Å². The van der Waals surface area contributed by atoms with E-state index in [9.17, 15) is 13.2 Å². The van der Waals surface area contributed by atoms with Crippen molar-refractivity contribution in [2.45, 2.75) is 71.4 Å². The van der Waals surface area contributed by atoms with Gasteiger partial charge in [0.15, 0.2) is 8.32 Å². The number of rotatable bonds is 7. The number of carbonyl (C=O) groups is 1. The predicted molar refractivity (Wildman–Crippen MR) is 97.1 cm³/mol. The maximum absolute atomic E-state index is 11.8. The van der Waals surface area contributed by atoms with E-state index in [1.807, 2.05) is 13.1 Å². The molecule has 0 saturated heterocycles. The smallest absolute Gasteiger partial charge is 0.407 e. The third-order valence-corrected chi connectivity index (χ3v) is 8.71. The molecule has 0 aliphatic carbocycles. The summed E-state index contributed by atoms with van der Waals surface area (Å²) in [6.07, 6.45) is -0.170. The van der Waals surface area contributed by atoms with Gasteiger partial charge in [0.1, 0.15) is 5.60 Å². The molecule has 1 atom stereocenters. The molecule has 24 heavy (non-hydrogen) atoms. The highest BCUT2D eigenvalue weighted by molar-refractivity contribution is 7.85. The van der Waals surface area contributed by atoms with Crippen LogP contribution in [0, 0.1) is 0 Å². The Hall–Kier alpha value is -0.643. The van der Waals surface area contributed by atoms with Crippen molar-refractivity contribution in [1.82, 2.24) is 5.32 Å². The number of carbonyl (C=O) groups excluding carboxylic acids is 1. The fraction of sp³-hybridized carbons (Fsp3) is 0.933. The quantitative estimate of drug-likeness (QED) is 0.537. The average Bonchev–Trinajstić information content (AvgIpc) is 2.27. The molecule has 0 rings (SSSR count). The third-order valence-electron chi connectivity index (χ3n) is 3.61. The van der Waals surface area contributed by atoms with E-state index >= 15 is 0 Å². The molecule has 0 spiro atoms. The summed E-state index contributed by atoms with van der Waals surface area (Å²) in [4.78, 5) is 11.8.